The van der Waals surface area contributed by atoms with Crippen molar-refractivity contribution in [3.8, 4) is 5.75 Å². The molecule has 0 saturated heterocycles. The van der Waals surface area contributed by atoms with Crippen LogP contribution in [-0.2, 0) is 4.74 Å². The minimum Gasteiger partial charge on any atom is -0.493 e. The zero-order chi connectivity index (χ0) is 14.3. The van der Waals surface area contributed by atoms with E-state index < -0.39 is 0 Å². The first-order chi connectivity index (χ1) is 9.04. The molecule has 0 radical (unpaired) electrons. The van der Waals surface area contributed by atoms with Crippen LogP contribution < -0.4 is 4.74 Å². The Morgan fingerprint density at radius 2 is 1.89 bits per heavy atom. The van der Waals surface area contributed by atoms with E-state index in [0.717, 1.165) is 6.42 Å². The molecule has 0 heterocycles. The second kappa shape index (κ2) is 7.95. The van der Waals surface area contributed by atoms with Gasteiger partial charge in [0.2, 0.25) is 0 Å². The van der Waals surface area contributed by atoms with E-state index in [-0.39, 0.29) is 18.5 Å². The highest BCUT2D eigenvalue weighted by molar-refractivity contribution is 5.99. The van der Waals surface area contributed by atoms with E-state index in [1.165, 1.54) is 0 Å². The summed E-state index contributed by atoms with van der Waals surface area (Å²) in [5, 5.41) is 0. The van der Waals surface area contributed by atoms with Crippen LogP contribution in [0.2, 0.25) is 0 Å². The lowest BCUT2D eigenvalue weighted by Crippen LogP contribution is -2.18. The van der Waals surface area contributed by atoms with Crippen LogP contribution in [0.4, 0.5) is 0 Å². The summed E-state index contributed by atoms with van der Waals surface area (Å²) in [6, 6.07) is 7.30. The quantitative estimate of drug-likeness (QED) is 0.671. The number of benzene rings is 1. The van der Waals surface area contributed by atoms with Crippen molar-refractivity contribution in [1.29, 1.82) is 0 Å². The fourth-order valence-electron chi connectivity index (χ4n) is 2.01. The van der Waals surface area contributed by atoms with Crippen LogP contribution in [0.1, 0.15) is 44.5 Å². The molecule has 0 aliphatic carbocycles. The van der Waals surface area contributed by atoms with Crippen molar-refractivity contribution in [2.75, 3.05) is 13.2 Å². The van der Waals surface area contributed by atoms with Crippen molar-refractivity contribution in [3.05, 3.63) is 29.8 Å². The highest BCUT2D eigenvalue weighted by Gasteiger charge is 2.14. The molecule has 0 spiro atoms. The third kappa shape index (κ3) is 5.43. The molecule has 0 aromatic heterocycles. The fraction of sp³-hybridized carbons (Fsp3) is 0.562. The molecule has 0 fully saturated rings. The smallest absolute Gasteiger partial charge is 0.192 e. The lowest BCUT2D eigenvalue weighted by molar-refractivity contribution is 0.0442. The van der Waals surface area contributed by atoms with Gasteiger partial charge in [0.05, 0.1) is 18.3 Å². The Balaban J connectivity index is 2.58. The average molecular weight is 264 g/mol. The highest BCUT2D eigenvalue weighted by atomic mass is 16.5. The average Bonchev–Trinajstić information content (AvgIpc) is 2.36. The largest absolute Gasteiger partial charge is 0.493 e. The minimum absolute atomic E-state index is 0.0281. The molecule has 106 valence electrons. The summed E-state index contributed by atoms with van der Waals surface area (Å²) in [4.78, 5) is 12.1. The SMILES string of the molecule is CCOc1ccccc1C(=O)COC(C)CC(C)C. The Morgan fingerprint density at radius 1 is 1.21 bits per heavy atom. The van der Waals surface area contributed by atoms with Crippen molar-refractivity contribution < 1.29 is 14.3 Å². The summed E-state index contributed by atoms with van der Waals surface area (Å²) in [5.41, 5.74) is 0.598. The van der Waals surface area contributed by atoms with Gasteiger partial charge in [0.15, 0.2) is 5.78 Å². The van der Waals surface area contributed by atoms with Gasteiger partial charge in [-0.25, -0.2) is 0 Å². The molecule has 19 heavy (non-hydrogen) atoms. The number of rotatable bonds is 8. The molecule has 0 N–H and O–H groups in total. The normalized spacial score (nSPS) is 12.5. The molecule has 3 heteroatoms. The topological polar surface area (TPSA) is 35.5 Å². The number of carbonyl (C=O) groups is 1. The van der Waals surface area contributed by atoms with Gasteiger partial charge in [0.1, 0.15) is 12.4 Å². The van der Waals surface area contributed by atoms with Crippen molar-refractivity contribution in [3.63, 3.8) is 0 Å². The molecule has 0 saturated carbocycles. The van der Waals surface area contributed by atoms with Gasteiger partial charge in [-0.1, -0.05) is 26.0 Å². The molecule has 1 aromatic rings. The summed E-state index contributed by atoms with van der Waals surface area (Å²) in [7, 11) is 0. The summed E-state index contributed by atoms with van der Waals surface area (Å²) in [5.74, 6) is 1.18. The number of hydrogen-bond donors (Lipinski definition) is 0. The van der Waals surface area contributed by atoms with Gasteiger partial charge in [-0.05, 0) is 38.3 Å². The lowest BCUT2D eigenvalue weighted by atomic mass is 10.1. The first-order valence-electron chi connectivity index (χ1n) is 6.91. The molecule has 0 bridgehead atoms. The molecule has 0 amide bonds. The summed E-state index contributed by atoms with van der Waals surface area (Å²) < 4.78 is 11.1. The summed E-state index contributed by atoms with van der Waals surface area (Å²) >= 11 is 0. The lowest BCUT2D eigenvalue weighted by Gasteiger charge is -2.15. The third-order valence-electron chi connectivity index (χ3n) is 2.79. The zero-order valence-corrected chi connectivity index (χ0v) is 12.3. The Kier molecular flexibility index (Phi) is 6.57. The number of Topliss-reactive ketones (excluding diaryl/α,β-unsaturated/α-hetero) is 1. The van der Waals surface area contributed by atoms with Gasteiger partial charge < -0.3 is 9.47 Å². The highest BCUT2D eigenvalue weighted by Crippen LogP contribution is 2.19. The summed E-state index contributed by atoms with van der Waals surface area (Å²) in [6.45, 7) is 8.86. The van der Waals surface area contributed by atoms with E-state index in [1.807, 2.05) is 32.0 Å². The second-order valence-electron chi connectivity index (χ2n) is 5.10. The minimum atomic E-state index is -0.0281. The first-order valence-corrected chi connectivity index (χ1v) is 6.91. The van der Waals surface area contributed by atoms with Gasteiger partial charge in [-0.15, -0.1) is 0 Å². The number of carbonyl (C=O) groups excluding carboxylic acids is 1. The van der Waals surface area contributed by atoms with Gasteiger partial charge in [0, 0.05) is 0 Å². The van der Waals surface area contributed by atoms with Crippen molar-refractivity contribution in [2.45, 2.75) is 40.2 Å². The van der Waals surface area contributed by atoms with Crippen LogP contribution in [0, 0.1) is 5.92 Å². The van der Waals surface area contributed by atoms with E-state index in [1.54, 1.807) is 6.07 Å². The van der Waals surface area contributed by atoms with E-state index >= 15 is 0 Å². The van der Waals surface area contributed by atoms with Crippen LogP contribution in [-0.4, -0.2) is 25.1 Å². The molecular weight excluding hydrogens is 240 g/mol. The number of ketones is 1. The maximum Gasteiger partial charge on any atom is 0.192 e. The predicted octanol–water partition coefficient (Wildman–Crippen LogP) is 3.72. The molecule has 1 unspecified atom stereocenters. The Labute approximate surface area is 115 Å². The summed E-state index contributed by atoms with van der Waals surface area (Å²) in [6.07, 6.45) is 1.06. The van der Waals surface area contributed by atoms with E-state index in [4.69, 9.17) is 9.47 Å². The van der Waals surface area contributed by atoms with Crippen LogP contribution in [0.3, 0.4) is 0 Å². The molecule has 0 aliphatic rings. The Hall–Kier alpha value is -1.35. The number of hydrogen-bond acceptors (Lipinski definition) is 3. The van der Waals surface area contributed by atoms with Crippen LogP contribution in [0.15, 0.2) is 24.3 Å². The molecular formula is C16H24O3. The van der Waals surface area contributed by atoms with Gasteiger partial charge in [-0.2, -0.15) is 0 Å². The molecule has 0 aliphatic heterocycles. The maximum atomic E-state index is 12.1. The van der Waals surface area contributed by atoms with Crippen LogP contribution in [0.25, 0.3) is 0 Å². The standard InChI is InChI=1S/C16H24O3/c1-5-18-16-9-7-6-8-14(16)15(17)11-19-13(4)10-12(2)3/h6-9,12-13H,5,10-11H2,1-4H3. The van der Waals surface area contributed by atoms with Crippen LogP contribution >= 0.6 is 0 Å². The Morgan fingerprint density at radius 3 is 2.53 bits per heavy atom. The van der Waals surface area contributed by atoms with Crippen molar-refractivity contribution in [1.82, 2.24) is 0 Å². The second-order valence-corrected chi connectivity index (χ2v) is 5.10. The van der Waals surface area contributed by atoms with Gasteiger partial charge in [0.25, 0.3) is 0 Å². The Bertz CT molecular complexity index is 399. The van der Waals surface area contributed by atoms with E-state index in [9.17, 15) is 4.79 Å². The predicted molar refractivity (Wildman–Crippen MR) is 76.8 cm³/mol. The van der Waals surface area contributed by atoms with Crippen molar-refractivity contribution >= 4 is 5.78 Å². The third-order valence-corrected chi connectivity index (χ3v) is 2.79. The molecule has 1 rings (SSSR count). The number of ether oxygens (including phenoxy) is 2. The van der Waals surface area contributed by atoms with E-state index in [0.29, 0.717) is 23.8 Å². The molecule has 1 aromatic carbocycles. The van der Waals surface area contributed by atoms with Gasteiger partial charge in [-0.3, -0.25) is 4.79 Å². The first kappa shape index (κ1) is 15.7. The number of para-hydroxylation sites is 1. The van der Waals surface area contributed by atoms with Crippen LogP contribution in [0.5, 0.6) is 5.75 Å². The van der Waals surface area contributed by atoms with E-state index in [2.05, 4.69) is 13.8 Å². The fourth-order valence-corrected chi connectivity index (χ4v) is 2.01. The van der Waals surface area contributed by atoms with Crippen molar-refractivity contribution in [2.24, 2.45) is 5.92 Å². The molecule has 3 nitrogen and oxygen atoms in total. The van der Waals surface area contributed by atoms with Gasteiger partial charge >= 0.3 is 0 Å². The molecule has 1 atom stereocenters. The zero-order valence-electron chi connectivity index (χ0n) is 12.3. The monoisotopic (exact) mass is 264 g/mol. The maximum absolute atomic E-state index is 12.1.